The highest BCUT2D eigenvalue weighted by molar-refractivity contribution is 5.92. The Hall–Kier alpha value is -3.09. The van der Waals surface area contributed by atoms with Crippen LogP contribution in [0.25, 0.3) is 10.8 Å². The van der Waals surface area contributed by atoms with E-state index >= 15 is 0 Å². The zero-order valence-electron chi connectivity index (χ0n) is 12.5. The molecule has 0 spiro atoms. The van der Waals surface area contributed by atoms with Gasteiger partial charge in [0.2, 0.25) is 0 Å². The first-order chi connectivity index (χ1) is 11.8. The lowest BCUT2D eigenvalue weighted by Crippen LogP contribution is -2.18. The molecule has 128 valence electrons. The van der Waals surface area contributed by atoms with E-state index in [1.54, 1.807) is 30.3 Å². The van der Waals surface area contributed by atoms with Gasteiger partial charge in [0.05, 0.1) is 5.56 Å². The maximum atomic E-state index is 14.1. The van der Waals surface area contributed by atoms with Gasteiger partial charge in [-0.1, -0.05) is 24.3 Å². The maximum absolute atomic E-state index is 14.1. The van der Waals surface area contributed by atoms with Gasteiger partial charge in [0.15, 0.2) is 11.6 Å². The topological polar surface area (TPSA) is 35.5 Å². The second-order valence-corrected chi connectivity index (χ2v) is 5.06. The molecule has 0 radical (unpaired) electrons. The lowest BCUT2D eigenvalue weighted by molar-refractivity contribution is -0.275. The third-order valence-electron chi connectivity index (χ3n) is 3.34. The van der Waals surface area contributed by atoms with Crippen LogP contribution in [0, 0.1) is 5.82 Å². The van der Waals surface area contributed by atoms with Crippen LogP contribution in [-0.4, -0.2) is 12.3 Å². The summed E-state index contributed by atoms with van der Waals surface area (Å²) in [6, 6.07) is 14.2. The van der Waals surface area contributed by atoms with E-state index in [0.29, 0.717) is 5.56 Å². The van der Waals surface area contributed by atoms with Gasteiger partial charge < -0.3 is 9.47 Å². The lowest BCUT2D eigenvalue weighted by atomic mass is 10.1. The van der Waals surface area contributed by atoms with Crippen molar-refractivity contribution in [2.24, 2.45) is 0 Å². The normalized spacial score (nSPS) is 11.4. The fourth-order valence-electron chi connectivity index (χ4n) is 2.26. The molecular weight excluding hydrogens is 340 g/mol. The predicted octanol–water partition coefficient (Wildman–Crippen LogP) is 5.10. The first kappa shape index (κ1) is 16.8. The number of alkyl halides is 3. The Morgan fingerprint density at radius 3 is 2.32 bits per heavy atom. The van der Waals surface area contributed by atoms with E-state index in [4.69, 9.17) is 4.74 Å². The van der Waals surface area contributed by atoms with E-state index in [2.05, 4.69) is 4.74 Å². The van der Waals surface area contributed by atoms with E-state index in [0.717, 1.165) is 6.07 Å². The average molecular weight is 350 g/mol. The van der Waals surface area contributed by atoms with E-state index in [9.17, 15) is 22.4 Å². The van der Waals surface area contributed by atoms with Crippen LogP contribution in [0.2, 0.25) is 0 Å². The molecule has 0 aliphatic rings. The molecular formula is C18H10F4O3. The van der Waals surface area contributed by atoms with Crippen molar-refractivity contribution in [2.75, 3.05) is 0 Å². The number of fused-ring (bicyclic) bond motifs is 1. The number of ether oxygens (including phenoxy) is 2. The molecule has 25 heavy (non-hydrogen) atoms. The van der Waals surface area contributed by atoms with E-state index in [1.807, 2.05) is 0 Å². The van der Waals surface area contributed by atoms with Gasteiger partial charge >= 0.3 is 12.3 Å². The van der Waals surface area contributed by atoms with Crippen molar-refractivity contribution in [1.29, 1.82) is 0 Å². The summed E-state index contributed by atoms with van der Waals surface area (Å²) in [7, 11) is 0. The van der Waals surface area contributed by atoms with Gasteiger partial charge in [0, 0.05) is 5.39 Å². The number of hydrogen-bond acceptors (Lipinski definition) is 3. The van der Waals surface area contributed by atoms with Crippen LogP contribution >= 0.6 is 0 Å². The Kier molecular flexibility index (Phi) is 4.31. The molecule has 0 bridgehead atoms. The summed E-state index contributed by atoms with van der Waals surface area (Å²) < 4.78 is 59.7. The summed E-state index contributed by atoms with van der Waals surface area (Å²) >= 11 is 0. The van der Waals surface area contributed by atoms with E-state index in [1.165, 1.54) is 24.3 Å². The quantitative estimate of drug-likeness (QED) is 0.375. The molecule has 7 heteroatoms. The fourth-order valence-corrected chi connectivity index (χ4v) is 2.26. The van der Waals surface area contributed by atoms with Crippen molar-refractivity contribution in [3.63, 3.8) is 0 Å². The Bertz CT molecular complexity index is 921. The first-order valence-electron chi connectivity index (χ1n) is 7.09. The van der Waals surface area contributed by atoms with Gasteiger partial charge in [-0.3, -0.25) is 0 Å². The molecule has 0 heterocycles. The third kappa shape index (κ3) is 3.88. The Balaban J connectivity index is 1.88. The molecule has 0 saturated heterocycles. The van der Waals surface area contributed by atoms with Gasteiger partial charge in [-0.2, -0.15) is 0 Å². The first-order valence-corrected chi connectivity index (χ1v) is 7.09. The number of rotatable bonds is 3. The molecule has 0 atom stereocenters. The highest BCUT2D eigenvalue weighted by atomic mass is 19.4. The summed E-state index contributed by atoms with van der Waals surface area (Å²) in [5.74, 6) is -2.52. The summed E-state index contributed by atoms with van der Waals surface area (Å²) in [5.41, 5.74) is 0.336. The number of carbonyl (C=O) groups excluding carboxylic acids is 1. The molecule has 0 fully saturated rings. The zero-order valence-corrected chi connectivity index (χ0v) is 12.5. The second kappa shape index (κ2) is 6.43. The number of halogens is 4. The predicted molar refractivity (Wildman–Crippen MR) is 82.0 cm³/mol. The van der Waals surface area contributed by atoms with Crippen LogP contribution in [0.15, 0.2) is 60.7 Å². The van der Waals surface area contributed by atoms with Gasteiger partial charge in [0.25, 0.3) is 0 Å². The summed E-state index contributed by atoms with van der Waals surface area (Å²) in [6.45, 7) is 0. The molecule has 0 unspecified atom stereocenters. The number of esters is 1. The van der Waals surface area contributed by atoms with Crippen molar-refractivity contribution in [2.45, 2.75) is 6.36 Å². The minimum absolute atomic E-state index is 0.0822. The van der Waals surface area contributed by atoms with Crippen molar-refractivity contribution < 1.29 is 31.8 Å². The van der Waals surface area contributed by atoms with Crippen molar-refractivity contribution in [3.8, 4) is 11.5 Å². The van der Waals surface area contributed by atoms with E-state index < -0.39 is 23.9 Å². The van der Waals surface area contributed by atoms with Crippen LogP contribution in [0.1, 0.15) is 10.4 Å². The maximum Gasteiger partial charge on any atom is 0.573 e. The standard InChI is InChI=1S/C18H10F4O3/c19-16-14-8-7-13(24-17(23)11-4-2-1-3-5-11)10-12(14)6-9-15(16)25-18(20,21)22/h1-10H. The molecule has 0 saturated carbocycles. The van der Waals surface area contributed by atoms with Gasteiger partial charge in [-0.05, 0) is 41.8 Å². The van der Waals surface area contributed by atoms with Gasteiger partial charge in [0.1, 0.15) is 5.75 Å². The van der Waals surface area contributed by atoms with Crippen molar-refractivity contribution in [3.05, 3.63) is 72.0 Å². The van der Waals surface area contributed by atoms with Crippen LogP contribution < -0.4 is 9.47 Å². The zero-order chi connectivity index (χ0) is 18.0. The molecule has 0 amide bonds. The Morgan fingerprint density at radius 1 is 0.920 bits per heavy atom. The van der Waals surface area contributed by atoms with Crippen molar-refractivity contribution in [1.82, 2.24) is 0 Å². The molecule has 0 aliphatic carbocycles. The Labute approximate surface area is 139 Å². The highest BCUT2D eigenvalue weighted by Gasteiger charge is 2.32. The van der Waals surface area contributed by atoms with Crippen LogP contribution in [0.3, 0.4) is 0 Å². The SMILES string of the molecule is O=C(Oc1ccc2c(F)c(OC(F)(F)F)ccc2c1)c1ccccc1. The molecule has 0 N–H and O–H groups in total. The minimum Gasteiger partial charge on any atom is -0.423 e. The molecule has 3 aromatic rings. The minimum atomic E-state index is -4.99. The summed E-state index contributed by atoms with van der Waals surface area (Å²) in [6.07, 6.45) is -4.99. The number of hydrogen-bond donors (Lipinski definition) is 0. The lowest BCUT2D eigenvalue weighted by Gasteiger charge is -2.11. The van der Waals surface area contributed by atoms with E-state index in [-0.39, 0.29) is 16.5 Å². The highest BCUT2D eigenvalue weighted by Crippen LogP contribution is 2.32. The van der Waals surface area contributed by atoms with Crippen LogP contribution in [0.5, 0.6) is 11.5 Å². The summed E-state index contributed by atoms with van der Waals surface area (Å²) in [5, 5.41) is 0.187. The largest absolute Gasteiger partial charge is 0.573 e. The second-order valence-electron chi connectivity index (χ2n) is 5.06. The molecule has 0 aliphatic heterocycles. The monoisotopic (exact) mass is 350 g/mol. The average Bonchev–Trinajstić information content (AvgIpc) is 2.57. The smallest absolute Gasteiger partial charge is 0.423 e. The summed E-state index contributed by atoms with van der Waals surface area (Å²) in [4.78, 5) is 12.0. The van der Waals surface area contributed by atoms with Crippen LogP contribution in [-0.2, 0) is 0 Å². The van der Waals surface area contributed by atoms with Gasteiger partial charge in [-0.15, -0.1) is 13.2 Å². The van der Waals surface area contributed by atoms with Crippen LogP contribution in [0.4, 0.5) is 17.6 Å². The Morgan fingerprint density at radius 2 is 1.64 bits per heavy atom. The molecule has 0 aromatic heterocycles. The molecule has 3 rings (SSSR count). The third-order valence-corrected chi connectivity index (χ3v) is 3.34. The molecule has 3 nitrogen and oxygen atoms in total. The fraction of sp³-hybridized carbons (Fsp3) is 0.0556. The number of benzene rings is 3. The molecule has 3 aromatic carbocycles. The number of carbonyl (C=O) groups is 1. The van der Waals surface area contributed by atoms with Crippen molar-refractivity contribution >= 4 is 16.7 Å². The van der Waals surface area contributed by atoms with Gasteiger partial charge in [-0.25, -0.2) is 9.18 Å².